The van der Waals surface area contributed by atoms with Crippen molar-refractivity contribution >= 4 is 32.0 Å². The molecule has 0 atom stereocenters. The van der Waals surface area contributed by atoms with Crippen LogP contribution < -0.4 is 11.3 Å². The fourth-order valence-corrected chi connectivity index (χ4v) is 5.56. The predicted molar refractivity (Wildman–Crippen MR) is 76.0 cm³/mol. The highest BCUT2D eigenvalue weighted by Crippen LogP contribution is 2.41. The van der Waals surface area contributed by atoms with Crippen LogP contribution in [-0.2, 0) is 10.0 Å². The van der Waals surface area contributed by atoms with Crippen molar-refractivity contribution in [1.29, 1.82) is 0 Å². The van der Waals surface area contributed by atoms with Gasteiger partial charge in [0.2, 0.25) is 0 Å². The molecule has 0 unspecified atom stereocenters. The van der Waals surface area contributed by atoms with Gasteiger partial charge in [0.1, 0.15) is 4.21 Å². The van der Waals surface area contributed by atoms with E-state index in [4.69, 9.17) is 5.84 Å². The van der Waals surface area contributed by atoms with Gasteiger partial charge in [-0.3, -0.25) is 10.1 Å². The molecule has 0 radical (unpaired) electrons. The Morgan fingerprint density at radius 2 is 2.20 bits per heavy atom. The molecule has 8 nitrogen and oxygen atoms in total. The van der Waals surface area contributed by atoms with Crippen LogP contribution in [0.2, 0.25) is 0 Å². The molecule has 1 aliphatic rings. The zero-order chi connectivity index (χ0) is 15.1. The lowest BCUT2D eigenvalue weighted by atomic mass is 10.0. The van der Waals surface area contributed by atoms with Gasteiger partial charge >= 0.3 is 5.69 Å². The molecule has 1 fully saturated rings. The number of sulfonamides is 1. The lowest BCUT2D eigenvalue weighted by Gasteiger charge is -2.29. The predicted octanol–water partition coefficient (Wildman–Crippen LogP) is 1.50. The summed E-state index contributed by atoms with van der Waals surface area (Å²) in [4.78, 5) is 10.2. The molecule has 2 heterocycles. The van der Waals surface area contributed by atoms with Crippen molar-refractivity contribution in [2.75, 3.05) is 12.0 Å². The molecule has 112 valence electrons. The molecule has 0 aliphatic carbocycles. The van der Waals surface area contributed by atoms with Gasteiger partial charge in [0.25, 0.3) is 10.0 Å². The molecule has 0 aromatic carbocycles. The molecule has 2 rings (SSSR count). The van der Waals surface area contributed by atoms with Crippen molar-refractivity contribution in [3.05, 3.63) is 16.2 Å². The highest BCUT2D eigenvalue weighted by Gasteiger charge is 2.42. The molecule has 1 aromatic heterocycles. The summed E-state index contributed by atoms with van der Waals surface area (Å²) >= 11 is 0.775. The molecular formula is C10H16N4O4S2. The number of nitrogen functional groups attached to an aromatic ring is 1. The van der Waals surface area contributed by atoms with Gasteiger partial charge in [-0.25, -0.2) is 14.3 Å². The third-order valence-electron chi connectivity index (χ3n) is 3.39. The van der Waals surface area contributed by atoms with E-state index in [0.717, 1.165) is 30.2 Å². The Morgan fingerprint density at radius 1 is 1.55 bits per heavy atom. The molecule has 10 heteroatoms. The van der Waals surface area contributed by atoms with E-state index >= 15 is 0 Å². The normalized spacial score (nSPS) is 19.1. The maximum Gasteiger partial charge on any atom is 0.306 e. The largest absolute Gasteiger partial charge is 0.310 e. The van der Waals surface area contributed by atoms with E-state index in [1.165, 1.54) is 4.31 Å². The Bertz CT molecular complexity index is 638. The molecular weight excluding hydrogens is 304 g/mol. The van der Waals surface area contributed by atoms with Crippen LogP contribution in [-0.4, -0.2) is 29.7 Å². The number of nitrogens with zero attached hydrogens (tertiary/aromatic N) is 2. The summed E-state index contributed by atoms with van der Waals surface area (Å²) in [5.41, 5.74) is 1.37. The highest BCUT2D eigenvalue weighted by molar-refractivity contribution is 7.91. The Hall–Kier alpha value is -1.23. The van der Waals surface area contributed by atoms with Crippen molar-refractivity contribution < 1.29 is 13.3 Å². The van der Waals surface area contributed by atoms with Crippen LogP contribution in [0.3, 0.4) is 0 Å². The van der Waals surface area contributed by atoms with Crippen LogP contribution in [0, 0.1) is 10.1 Å². The first kappa shape index (κ1) is 15.2. The van der Waals surface area contributed by atoms with Gasteiger partial charge in [-0.05, 0) is 26.7 Å². The number of anilines is 1. The third-order valence-corrected chi connectivity index (χ3v) is 7.00. The topological polar surface area (TPSA) is 119 Å². The van der Waals surface area contributed by atoms with Crippen LogP contribution in [0.1, 0.15) is 26.7 Å². The van der Waals surface area contributed by atoms with Crippen molar-refractivity contribution in [3.8, 4) is 0 Å². The third kappa shape index (κ3) is 2.39. The smallest absolute Gasteiger partial charge is 0.306 e. The molecule has 3 N–H and O–H groups in total. The number of nitrogens with two attached hydrogens (primary N) is 1. The van der Waals surface area contributed by atoms with Gasteiger partial charge in [-0.1, -0.05) is 11.3 Å². The average molecular weight is 320 g/mol. The van der Waals surface area contributed by atoms with E-state index < -0.39 is 20.5 Å². The number of hydrogen-bond donors (Lipinski definition) is 2. The summed E-state index contributed by atoms with van der Waals surface area (Å²) in [6.45, 7) is 4.12. The van der Waals surface area contributed by atoms with Crippen molar-refractivity contribution in [3.63, 3.8) is 0 Å². The Morgan fingerprint density at radius 3 is 2.60 bits per heavy atom. The monoisotopic (exact) mass is 320 g/mol. The average Bonchev–Trinajstić information content (AvgIpc) is 2.92. The van der Waals surface area contributed by atoms with Crippen LogP contribution in [0.15, 0.2) is 10.3 Å². The van der Waals surface area contributed by atoms with E-state index in [1.54, 1.807) is 0 Å². The van der Waals surface area contributed by atoms with E-state index in [-0.39, 0.29) is 14.9 Å². The van der Waals surface area contributed by atoms with Crippen LogP contribution in [0.5, 0.6) is 0 Å². The quantitative estimate of drug-likeness (QED) is 0.493. The second kappa shape index (κ2) is 4.95. The molecule has 0 saturated carbocycles. The number of rotatable bonds is 4. The number of hydrazine groups is 1. The Kier molecular flexibility index (Phi) is 3.75. The Balaban J connectivity index is 2.48. The van der Waals surface area contributed by atoms with E-state index in [0.29, 0.717) is 6.54 Å². The first-order chi connectivity index (χ1) is 9.20. The minimum Gasteiger partial charge on any atom is -0.310 e. The first-order valence-electron chi connectivity index (χ1n) is 5.98. The molecule has 0 amide bonds. The van der Waals surface area contributed by atoms with Crippen LogP contribution in [0.25, 0.3) is 0 Å². The van der Waals surface area contributed by atoms with Crippen molar-refractivity contribution in [2.45, 2.75) is 36.4 Å². The summed E-state index contributed by atoms with van der Waals surface area (Å²) in [6, 6.07) is 1.06. The second-order valence-electron chi connectivity index (χ2n) is 5.17. The number of thiophene rings is 1. The maximum atomic E-state index is 12.6. The van der Waals surface area contributed by atoms with Gasteiger partial charge in [0.15, 0.2) is 5.00 Å². The fraction of sp³-hybridized carbons (Fsp3) is 0.600. The van der Waals surface area contributed by atoms with E-state index in [2.05, 4.69) is 5.43 Å². The summed E-state index contributed by atoms with van der Waals surface area (Å²) < 4.78 is 26.5. The van der Waals surface area contributed by atoms with Gasteiger partial charge in [0.05, 0.1) is 4.92 Å². The summed E-state index contributed by atoms with van der Waals surface area (Å²) in [5.74, 6) is 5.20. The summed E-state index contributed by atoms with van der Waals surface area (Å²) in [7, 11) is -3.74. The van der Waals surface area contributed by atoms with Gasteiger partial charge in [-0.15, -0.1) is 0 Å². The lowest BCUT2D eigenvalue weighted by molar-refractivity contribution is -0.383. The van der Waals surface area contributed by atoms with Gasteiger partial charge in [0, 0.05) is 18.2 Å². The van der Waals surface area contributed by atoms with Crippen molar-refractivity contribution in [2.24, 2.45) is 5.84 Å². The van der Waals surface area contributed by atoms with Gasteiger partial charge < -0.3 is 5.43 Å². The number of nitrogens with one attached hydrogen (secondary N) is 1. The molecule has 20 heavy (non-hydrogen) atoms. The standard InChI is InChI=1S/C10H16N4O4S2/c1-10(2)4-3-5-13(10)20(17,18)8-6-7(14(15)16)9(12-11)19-8/h6,12H,3-5,11H2,1-2H3. The zero-order valence-electron chi connectivity index (χ0n) is 11.1. The molecule has 0 spiro atoms. The summed E-state index contributed by atoms with van der Waals surface area (Å²) in [6.07, 6.45) is 1.55. The number of nitro groups is 1. The molecule has 1 saturated heterocycles. The minimum absolute atomic E-state index is 0.0329. The second-order valence-corrected chi connectivity index (χ2v) is 8.32. The fourth-order valence-electron chi connectivity index (χ4n) is 2.36. The lowest BCUT2D eigenvalue weighted by Crippen LogP contribution is -2.42. The highest BCUT2D eigenvalue weighted by atomic mass is 32.2. The molecule has 1 aromatic rings. The van der Waals surface area contributed by atoms with Gasteiger partial charge in [-0.2, -0.15) is 4.31 Å². The maximum absolute atomic E-state index is 12.6. The van der Waals surface area contributed by atoms with E-state index in [1.807, 2.05) is 13.8 Å². The SMILES string of the molecule is CC1(C)CCCN1S(=O)(=O)c1cc([N+](=O)[O-])c(NN)s1. The number of hydrogen-bond acceptors (Lipinski definition) is 7. The van der Waals surface area contributed by atoms with E-state index in [9.17, 15) is 18.5 Å². The summed E-state index contributed by atoms with van der Waals surface area (Å²) in [5, 5.41) is 10.9. The first-order valence-corrected chi connectivity index (χ1v) is 8.23. The Labute approximate surface area is 120 Å². The molecule has 0 bridgehead atoms. The van der Waals surface area contributed by atoms with Crippen LogP contribution >= 0.6 is 11.3 Å². The molecule has 1 aliphatic heterocycles. The zero-order valence-corrected chi connectivity index (χ0v) is 12.8. The minimum atomic E-state index is -3.74. The van der Waals surface area contributed by atoms with Crippen molar-refractivity contribution in [1.82, 2.24) is 4.31 Å². The van der Waals surface area contributed by atoms with Crippen LogP contribution in [0.4, 0.5) is 10.7 Å².